The molecule has 1 amide bonds. The van der Waals surface area contributed by atoms with Gasteiger partial charge in [0.05, 0.1) is 10.6 Å². The molecular formula is C21H26N2O4S. The quantitative estimate of drug-likeness (QED) is 0.763. The highest BCUT2D eigenvalue weighted by molar-refractivity contribution is 7.89. The smallest absolute Gasteiger partial charge is 0.255 e. The monoisotopic (exact) mass is 402 g/mol. The van der Waals surface area contributed by atoms with Gasteiger partial charge in [-0.25, -0.2) is 8.42 Å². The van der Waals surface area contributed by atoms with E-state index in [2.05, 4.69) is 26.1 Å². The van der Waals surface area contributed by atoms with E-state index < -0.39 is 15.9 Å². The fourth-order valence-corrected chi connectivity index (χ4v) is 4.71. The van der Waals surface area contributed by atoms with Crippen LogP contribution in [0.15, 0.2) is 47.4 Å². The third kappa shape index (κ3) is 4.20. The molecule has 1 saturated heterocycles. The Balaban J connectivity index is 1.83. The van der Waals surface area contributed by atoms with Gasteiger partial charge in [-0.15, -0.1) is 0 Å². The number of phenolic OH excluding ortho intramolecular Hbond substituents is 1. The Hall–Kier alpha value is -2.38. The van der Waals surface area contributed by atoms with E-state index in [1.54, 1.807) is 12.1 Å². The number of amides is 1. The average Bonchev–Trinajstić information content (AvgIpc) is 3.18. The maximum atomic E-state index is 12.7. The Labute approximate surface area is 166 Å². The first kappa shape index (κ1) is 20.4. The fourth-order valence-electron chi connectivity index (χ4n) is 3.17. The van der Waals surface area contributed by atoms with Crippen LogP contribution in [0.5, 0.6) is 5.75 Å². The zero-order chi connectivity index (χ0) is 20.5. The highest BCUT2D eigenvalue weighted by Crippen LogP contribution is 2.30. The molecule has 7 heteroatoms. The van der Waals surface area contributed by atoms with Gasteiger partial charge in [-0.3, -0.25) is 4.79 Å². The lowest BCUT2D eigenvalue weighted by atomic mass is 9.87. The van der Waals surface area contributed by atoms with E-state index in [-0.39, 0.29) is 21.7 Å². The van der Waals surface area contributed by atoms with Crippen LogP contribution >= 0.6 is 0 Å². The number of hydrogen-bond donors (Lipinski definition) is 2. The molecule has 6 nitrogen and oxygen atoms in total. The SMILES string of the molecule is CC(C)(C)c1ccc(C(=O)Nc2cc(S(=O)(=O)N3CCCC3)ccc2O)cc1. The number of aromatic hydroxyl groups is 1. The molecule has 0 aliphatic carbocycles. The molecule has 0 aromatic heterocycles. The van der Waals surface area contributed by atoms with E-state index in [9.17, 15) is 18.3 Å². The predicted octanol–water partition coefficient (Wildman–Crippen LogP) is 3.73. The Kier molecular flexibility index (Phi) is 5.50. The molecule has 0 saturated carbocycles. The number of benzene rings is 2. The summed E-state index contributed by atoms with van der Waals surface area (Å²) in [5, 5.41) is 12.7. The minimum absolute atomic E-state index is 0.0223. The van der Waals surface area contributed by atoms with Gasteiger partial charge in [-0.05, 0) is 54.2 Å². The molecule has 0 atom stereocenters. The van der Waals surface area contributed by atoms with Gasteiger partial charge in [0.15, 0.2) is 0 Å². The van der Waals surface area contributed by atoms with Crippen molar-refractivity contribution in [3.63, 3.8) is 0 Å². The number of rotatable bonds is 4. The molecule has 0 spiro atoms. The van der Waals surface area contributed by atoms with Crippen molar-refractivity contribution in [2.75, 3.05) is 18.4 Å². The first-order chi connectivity index (χ1) is 13.1. The van der Waals surface area contributed by atoms with Gasteiger partial charge in [-0.2, -0.15) is 4.31 Å². The minimum atomic E-state index is -3.63. The molecular weight excluding hydrogens is 376 g/mol. The lowest BCUT2D eigenvalue weighted by molar-refractivity contribution is 0.102. The van der Waals surface area contributed by atoms with E-state index in [1.165, 1.54) is 22.5 Å². The van der Waals surface area contributed by atoms with Crippen molar-refractivity contribution in [3.05, 3.63) is 53.6 Å². The van der Waals surface area contributed by atoms with Crippen LogP contribution in [0.1, 0.15) is 49.5 Å². The summed E-state index contributed by atoms with van der Waals surface area (Å²) in [7, 11) is -3.63. The van der Waals surface area contributed by atoms with Crippen LogP contribution < -0.4 is 5.32 Å². The van der Waals surface area contributed by atoms with Crippen LogP contribution in [0.3, 0.4) is 0 Å². The van der Waals surface area contributed by atoms with Gasteiger partial charge in [0, 0.05) is 18.7 Å². The van der Waals surface area contributed by atoms with Crippen molar-refractivity contribution in [2.24, 2.45) is 0 Å². The second-order valence-electron chi connectivity index (χ2n) is 8.07. The molecule has 1 aliphatic heterocycles. The first-order valence-corrected chi connectivity index (χ1v) is 10.8. The number of nitrogens with one attached hydrogen (secondary N) is 1. The molecule has 0 bridgehead atoms. The second kappa shape index (κ2) is 7.56. The summed E-state index contributed by atoms with van der Waals surface area (Å²) in [5.74, 6) is -0.591. The highest BCUT2D eigenvalue weighted by Gasteiger charge is 2.28. The van der Waals surface area contributed by atoms with Crippen LogP contribution in [-0.2, 0) is 15.4 Å². The maximum absolute atomic E-state index is 12.7. The lowest BCUT2D eigenvalue weighted by Crippen LogP contribution is -2.28. The summed E-state index contributed by atoms with van der Waals surface area (Å²) < 4.78 is 26.9. The Bertz CT molecular complexity index is 970. The van der Waals surface area contributed by atoms with Crippen LogP contribution in [0.2, 0.25) is 0 Å². The van der Waals surface area contributed by atoms with Crippen LogP contribution in [0, 0.1) is 0 Å². The normalized spacial score (nSPS) is 15.5. The summed E-state index contributed by atoms with van der Waals surface area (Å²) in [6, 6.07) is 11.2. The molecule has 150 valence electrons. The molecule has 0 radical (unpaired) electrons. The second-order valence-corrected chi connectivity index (χ2v) is 10.0. The van der Waals surface area contributed by atoms with E-state index in [0.29, 0.717) is 18.7 Å². The predicted molar refractivity (Wildman–Crippen MR) is 109 cm³/mol. The third-order valence-electron chi connectivity index (χ3n) is 4.93. The summed E-state index contributed by atoms with van der Waals surface area (Å²) in [6.07, 6.45) is 1.68. The van der Waals surface area contributed by atoms with Crippen LogP contribution in [-0.4, -0.2) is 36.8 Å². The Morgan fingerprint density at radius 2 is 1.64 bits per heavy atom. The molecule has 1 aliphatic rings. The number of anilines is 1. The van der Waals surface area contributed by atoms with Gasteiger partial charge in [0.25, 0.3) is 5.91 Å². The molecule has 28 heavy (non-hydrogen) atoms. The highest BCUT2D eigenvalue weighted by atomic mass is 32.2. The minimum Gasteiger partial charge on any atom is -0.506 e. The van der Waals surface area contributed by atoms with Crippen molar-refractivity contribution in [3.8, 4) is 5.75 Å². The first-order valence-electron chi connectivity index (χ1n) is 9.34. The van der Waals surface area contributed by atoms with E-state index >= 15 is 0 Å². The molecule has 2 aromatic rings. The molecule has 3 rings (SSSR count). The lowest BCUT2D eigenvalue weighted by Gasteiger charge is -2.19. The number of carbonyl (C=O) groups is 1. The number of sulfonamides is 1. The topological polar surface area (TPSA) is 86.7 Å². The zero-order valence-corrected chi connectivity index (χ0v) is 17.2. The molecule has 2 N–H and O–H groups in total. The van der Waals surface area contributed by atoms with Crippen molar-refractivity contribution < 1.29 is 18.3 Å². The van der Waals surface area contributed by atoms with Crippen LogP contribution in [0.25, 0.3) is 0 Å². The fraction of sp³-hybridized carbons (Fsp3) is 0.381. The largest absolute Gasteiger partial charge is 0.506 e. The van der Waals surface area contributed by atoms with Gasteiger partial charge in [0.2, 0.25) is 10.0 Å². The van der Waals surface area contributed by atoms with Crippen molar-refractivity contribution in [1.82, 2.24) is 4.31 Å². The summed E-state index contributed by atoms with van der Waals surface area (Å²) in [6.45, 7) is 7.25. The summed E-state index contributed by atoms with van der Waals surface area (Å²) in [5.41, 5.74) is 1.59. The van der Waals surface area contributed by atoms with Gasteiger partial charge in [-0.1, -0.05) is 32.9 Å². The summed E-state index contributed by atoms with van der Waals surface area (Å²) >= 11 is 0. The number of hydrogen-bond acceptors (Lipinski definition) is 4. The number of nitrogens with zero attached hydrogens (tertiary/aromatic N) is 1. The zero-order valence-electron chi connectivity index (χ0n) is 16.4. The van der Waals surface area contributed by atoms with Crippen LogP contribution in [0.4, 0.5) is 5.69 Å². The summed E-state index contributed by atoms with van der Waals surface area (Å²) in [4.78, 5) is 12.6. The third-order valence-corrected chi connectivity index (χ3v) is 6.83. The molecule has 1 fully saturated rings. The average molecular weight is 403 g/mol. The Morgan fingerprint density at radius 3 is 2.21 bits per heavy atom. The molecule has 0 unspecified atom stereocenters. The van der Waals surface area contributed by atoms with Crippen molar-refractivity contribution in [2.45, 2.75) is 43.9 Å². The van der Waals surface area contributed by atoms with E-state index in [1.807, 2.05) is 12.1 Å². The standard InChI is InChI=1S/C21H26N2O4S/c1-21(2,3)16-8-6-15(7-9-16)20(25)22-18-14-17(10-11-19(18)24)28(26,27)23-12-4-5-13-23/h6-11,14,24H,4-5,12-13H2,1-3H3,(H,22,25). The Morgan fingerprint density at radius 1 is 1.04 bits per heavy atom. The van der Waals surface area contributed by atoms with Gasteiger partial charge < -0.3 is 10.4 Å². The van der Waals surface area contributed by atoms with Crippen molar-refractivity contribution >= 4 is 21.6 Å². The number of phenols is 1. The molecule has 1 heterocycles. The van der Waals surface area contributed by atoms with Gasteiger partial charge in [0.1, 0.15) is 5.75 Å². The van der Waals surface area contributed by atoms with E-state index in [4.69, 9.17) is 0 Å². The van der Waals surface area contributed by atoms with Gasteiger partial charge >= 0.3 is 0 Å². The number of carbonyl (C=O) groups excluding carboxylic acids is 1. The van der Waals surface area contributed by atoms with E-state index in [0.717, 1.165) is 18.4 Å². The van der Waals surface area contributed by atoms with Crippen molar-refractivity contribution in [1.29, 1.82) is 0 Å². The maximum Gasteiger partial charge on any atom is 0.255 e. The molecule has 2 aromatic carbocycles.